The van der Waals surface area contributed by atoms with E-state index in [2.05, 4.69) is 15.2 Å². The van der Waals surface area contributed by atoms with Crippen molar-refractivity contribution in [1.29, 1.82) is 0 Å². The van der Waals surface area contributed by atoms with Gasteiger partial charge in [0.2, 0.25) is 0 Å². The fourth-order valence-electron chi connectivity index (χ4n) is 2.10. The van der Waals surface area contributed by atoms with E-state index >= 15 is 0 Å². The lowest BCUT2D eigenvalue weighted by molar-refractivity contribution is -0.110. The smallest absolute Gasteiger partial charge is 0.339 e. The first kappa shape index (κ1) is 19.3. The molecule has 0 spiro atoms. The van der Waals surface area contributed by atoms with Gasteiger partial charge in [-0.25, -0.2) is 4.79 Å². The number of para-hydroxylation sites is 1. The number of methoxy groups -OCH3 is 2. The zero-order valence-electron chi connectivity index (χ0n) is 14.2. The van der Waals surface area contributed by atoms with Crippen LogP contribution in [0.3, 0.4) is 0 Å². The Balaban J connectivity index is 1.95. The average molecular weight is 377 g/mol. The van der Waals surface area contributed by atoms with Crippen LogP contribution < -0.4 is 10.1 Å². The van der Waals surface area contributed by atoms with Crippen molar-refractivity contribution in [2.45, 2.75) is 6.61 Å². The van der Waals surface area contributed by atoms with Crippen LogP contribution in [-0.2, 0) is 21.0 Å². The zero-order valence-corrected chi connectivity index (χ0v) is 14.9. The van der Waals surface area contributed by atoms with E-state index in [0.717, 1.165) is 6.21 Å². The highest BCUT2D eigenvalue weighted by atomic mass is 35.5. The molecule has 0 aliphatic carbocycles. The minimum atomic E-state index is -0.556. The molecular weight excluding hydrogens is 360 g/mol. The molecule has 2 rings (SSSR count). The van der Waals surface area contributed by atoms with Gasteiger partial charge in [-0.3, -0.25) is 4.79 Å². The molecule has 8 heteroatoms. The molecule has 26 heavy (non-hydrogen) atoms. The van der Waals surface area contributed by atoms with E-state index in [-0.39, 0.29) is 12.2 Å². The summed E-state index contributed by atoms with van der Waals surface area (Å²) < 4.78 is 9.86. The molecule has 0 aliphatic rings. The molecular formula is C18H17ClN2O5. The van der Waals surface area contributed by atoms with Crippen molar-refractivity contribution in [2.75, 3.05) is 19.5 Å². The number of nitrogens with one attached hydrogen (secondary N) is 1. The Morgan fingerprint density at radius 2 is 1.96 bits per heavy atom. The van der Waals surface area contributed by atoms with Crippen molar-refractivity contribution in [3.05, 3.63) is 58.6 Å². The van der Waals surface area contributed by atoms with Crippen molar-refractivity contribution < 1.29 is 23.9 Å². The molecule has 0 saturated carbocycles. The second-order valence-electron chi connectivity index (χ2n) is 4.99. The Hall–Kier alpha value is -3.06. The second kappa shape index (κ2) is 9.43. The van der Waals surface area contributed by atoms with Gasteiger partial charge in [-0.05, 0) is 30.3 Å². The van der Waals surface area contributed by atoms with E-state index in [9.17, 15) is 9.59 Å². The van der Waals surface area contributed by atoms with Crippen molar-refractivity contribution in [3.8, 4) is 5.75 Å². The largest absolute Gasteiger partial charge is 0.496 e. The summed E-state index contributed by atoms with van der Waals surface area (Å²) in [6.45, 7) is 0.0757. The van der Waals surface area contributed by atoms with Gasteiger partial charge in [0.15, 0.2) is 0 Å². The average Bonchev–Trinajstić information content (AvgIpc) is 2.65. The number of rotatable bonds is 7. The van der Waals surface area contributed by atoms with Crippen molar-refractivity contribution in [2.24, 2.45) is 5.16 Å². The van der Waals surface area contributed by atoms with Gasteiger partial charge >= 0.3 is 5.97 Å². The summed E-state index contributed by atoms with van der Waals surface area (Å²) in [6.07, 6.45) is 0.963. The van der Waals surface area contributed by atoms with E-state index in [1.165, 1.54) is 14.2 Å². The van der Waals surface area contributed by atoms with E-state index in [1.807, 2.05) is 0 Å². The highest BCUT2D eigenvalue weighted by molar-refractivity contribution is 6.32. The monoisotopic (exact) mass is 376 g/mol. The normalized spacial score (nSPS) is 10.4. The molecule has 0 saturated heterocycles. The van der Waals surface area contributed by atoms with Crippen LogP contribution in [0.15, 0.2) is 47.6 Å². The predicted molar refractivity (Wildman–Crippen MR) is 97.7 cm³/mol. The van der Waals surface area contributed by atoms with E-state index in [0.29, 0.717) is 22.0 Å². The van der Waals surface area contributed by atoms with Crippen molar-refractivity contribution >= 4 is 35.4 Å². The fourth-order valence-corrected chi connectivity index (χ4v) is 2.29. The zero-order chi connectivity index (χ0) is 18.9. The predicted octanol–water partition coefficient (Wildman–Crippen LogP) is 3.28. The standard InChI is InChI=1S/C18H17ClN2O5/c1-24-16-8-7-13(19)9-12(16)11-26-20-10-17(22)21-15-6-4-3-5-14(15)18(23)25-2/h3-10H,11H2,1-2H3,(H,21,22)/b20-10+. The third-order valence-corrected chi connectivity index (χ3v) is 3.53. The highest BCUT2D eigenvalue weighted by Gasteiger charge is 2.12. The van der Waals surface area contributed by atoms with Crippen LogP contribution in [-0.4, -0.2) is 32.3 Å². The van der Waals surface area contributed by atoms with Gasteiger partial charge in [0.25, 0.3) is 5.91 Å². The van der Waals surface area contributed by atoms with Gasteiger partial charge in [-0.2, -0.15) is 0 Å². The molecule has 1 amide bonds. The first-order valence-corrected chi connectivity index (χ1v) is 7.89. The minimum Gasteiger partial charge on any atom is -0.496 e. The molecule has 0 bridgehead atoms. The van der Waals surface area contributed by atoms with Crippen LogP contribution >= 0.6 is 11.6 Å². The molecule has 2 aromatic rings. The van der Waals surface area contributed by atoms with Gasteiger partial charge in [-0.15, -0.1) is 0 Å². The quantitative estimate of drug-likeness (QED) is 0.455. The summed E-state index contributed by atoms with van der Waals surface area (Å²) in [7, 11) is 2.79. The number of carbonyl (C=O) groups excluding carboxylic acids is 2. The van der Waals surface area contributed by atoms with E-state index < -0.39 is 11.9 Å². The fraction of sp³-hybridized carbons (Fsp3) is 0.167. The summed E-state index contributed by atoms with van der Waals surface area (Å²) in [5.41, 5.74) is 1.24. The van der Waals surface area contributed by atoms with Crippen LogP contribution in [0.4, 0.5) is 5.69 Å². The van der Waals surface area contributed by atoms with Crippen LogP contribution in [0.25, 0.3) is 0 Å². The third kappa shape index (κ3) is 5.22. The number of hydrogen-bond donors (Lipinski definition) is 1. The Morgan fingerprint density at radius 1 is 1.19 bits per heavy atom. The minimum absolute atomic E-state index is 0.0757. The molecule has 0 aromatic heterocycles. The van der Waals surface area contributed by atoms with E-state index in [4.69, 9.17) is 21.2 Å². The van der Waals surface area contributed by atoms with E-state index in [1.54, 1.807) is 42.5 Å². The first-order chi connectivity index (χ1) is 12.5. The van der Waals surface area contributed by atoms with Gasteiger partial charge < -0.3 is 19.6 Å². The summed E-state index contributed by atoms with van der Waals surface area (Å²) in [5, 5.41) is 6.68. The number of ether oxygens (including phenoxy) is 2. The number of benzene rings is 2. The van der Waals surface area contributed by atoms with Crippen molar-refractivity contribution in [3.63, 3.8) is 0 Å². The number of amides is 1. The topological polar surface area (TPSA) is 86.2 Å². The Kier molecular flexibility index (Phi) is 6.99. The SMILES string of the molecule is COC(=O)c1ccccc1NC(=O)/C=N/OCc1cc(Cl)ccc1OC. The molecule has 1 N–H and O–H groups in total. The Labute approximate surface area is 155 Å². The summed E-state index contributed by atoms with van der Waals surface area (Å²) in [5.74, 6) is -0.511. The lowest BCUT2D eigenvalue weighted by Gasteiger charge is -2.08. The Morgan fingerprint density at radius 3 is 2.69 bits per heavy atom. The van der Waals surface area contributed by atoms with Crippen LogP contribution in [0, 0.1) is 0 Å². The molecule has 2 aromatic carbocycles. The number of esters is 1. The molecule has 0 heterocycles. The van der Waals surface area contributed by atoms with Gasteiger partial charge in [0.05, 0.1) is 25.5 Å². The summed E-state index contributed by atoms with van der Waals surface area (Å²) in [4.78, 5) is 28.7. The number of oxime groups is 1. The van der Waals surface area contributed by atoms with Crippen molar-refractivity contribution in [1.82, 2.24) is 0 Å². The molecule has 0 aliphatic heterocycles. The first-order valence-electron chi connectivity index (χ1n) is 7.51. The maximum absolute atomic E-state index is 11.9. The molecule has 136 valence electrons. The lowest BCUT2D eigenvalue weighted by Crippen LogP contribution is -2.16. The molecule has 0 radical (unpaired) electrons. The molecule has 0 atom stereocenters. The number of halogens is 1. The molecule has 0 fully saturated rings. The van der Waals surface area contributed by atoms with Gasteiger partial charge in [-0.1, -0.05) is 28.9 Å². The lowest BCUT2D eigenvalue weighted by atomic mass is 10.2. The van der Waals surface area contributed by atoms with Crippen LogP contribution in [0.5, 0.6) is 5.75 Å². The highest BCUT2D eigenvalue weighted by Crippen LogP contribution is 2.23. The maximum atomic E-state index is 11.9. The van der Waals surface area contributed by atoms with Crippen LogP contribution in [0.2, 0.25) is 5.02 Å². The summed E-state index contributed by atoms with van der Waals surface area (Å²) >= 11 is 5.93. The summed E-state index contributed by atoms with van der Waals surface area (Å²) in [6, 6.07) is 11.6. The number of hydrogen-bond acceptors (Lipinski definition) is 6. The Bertz CT molecular complexity index is 823. The van der Waals surface area contributed by atoms with Crippen LogP contribution in [0.1, 0.15) is 15.9 Å². The van der Waals surface area contributed by atoms with Gasteiger partial charge in [0.1, 0.15) is 18.6 Å². The second-order valence-corrected chi connectivity index (χ2v) is 5.43. The number of nitrogens with zero attached hydrogens (tertiary/aromatic N) is 1. The van der Waals surface area contributed by atoms with Gasteiger partial charge in [0, 0.05) is 10.6 Å². The molecule has 0 unspecified atom stereocenters. The number of anilines is 1. The molecule has 7 nitrogen and oxygen atoms in total. The number of carbonyl (C=O) groups is 2. The maximum Gasteiger partial charge on any atom is 0.339 e. The third-order valence-electron chi connectivity index (χ3n) is 3.30.